The van der Waals surface area contributed by atoms with Crippen LogP contribution in [0.1, 0.15) is 0 Å². The zero-order valence-electron chi connectivity index (χ0n) is 7.40. The summed E-state index contributed by atoms with van der Waals surface area (Å²) in [7, 11) is 0. The predicted molar refractivity (Wildman–Crippen MR) is 55.5 cm³/mol. The molecule has 0 fully saturated rings. The van der Waals surface area contributed by atoms with Crippen molar-refractivity contribution in [3.63, 3.8) is 0 Å². The maximum atomic E-state index is 12.8. The van der Waals surface area contributed by atoms with Crippen LogP contribution in [0.3, 0.4) is 0 Å². The summed E-state index contributed by atoms with van der Waals surface area (Å²) in [6.07, 6.45) is 0. The van der Waals surface area contributed by atoms with Gasteiger partial charge in [0.05, 0.1) is 0 Å². The van der Waals surface area contributed by atoms with Gasteiger partial charge < -0.3 is 0 Å². The summed E-state index contributed by atoms with van der Waals surface area (Å²) in [5.74, 6) is 0. The molecule has 1 aromatic rings. The Morgan fingerprint density at radius 3 is 1.56 bits per heavy atom. The van der Waals surface area contributed by atoms with Crippen molar-refractivity contribution in [3.8, 4) is 0 Å². The van der Waals surface area contributed by atoms with Crippen LogP contribution >= 0.6 is 34.8 Å². The first kappa shape index (κ1) is 13.7. The summed E-state index contributed by atoms with van der Waals surface area (Å²) >= 11 is 14.6. The molecule has 0 aliphatic rings. The molecule has 0 amide bonds. The van der Waals surface area contributed by atoms with Crippen LogP contribution < -0.4 is 4.90 Å². The maximum Gasteiger partial charge on any atom is 0.412 e. The lowest BCUT2D eigenvalue weighted by Crippen LogP contribution is -2.47. The highest BCUT2D eigenvalue weighted by molar-refractivity contribution is 6.30. The highest BCUT2D eigenvalue weighted by Gasteiger charge is 2.49. The zero-order valence-corrected chi connectivity index (χ0v) is 9.67. The van der Waals surface area contributed by atoms with E-state index in [1.165, 1.54) is 0 Å². The molecule has 0 saturated carbocycles. The molecule has 0 radical (unpaired) electrons. The molecule has 0 aliphatic carbocycles. The third-order valence-corrected chi connectivity index (χ3v) is 2.18. The Morgan fingerprint density at radius 2 is 1.25 bits per heavy atom. The molecule has 90 valence electrons. The third-order valence-electron chi connectivity index (χ3n) is 1.59. The van der Waals surface area contributed by atoms with Gasteiger partial charge in [-0.2, -0.15) is 17.6 Å². The maximum absolute atomic E-state index is 12.8. The molecular formula is C8H4Cl3F4N. The molecule has 0 saturated heterocycles. The van der Waals surface area contributed by atoms with Crippen molar-refractivity contribution < 1.29 is 17.6 Å². The predicted octanol–water partition coefficient (Wildman–Crippen LogP) is 4.72. The Hall–Kier alpha value is -0.390. The number of rotatable bonds is 3. The van der Waals surface area contributed by atoms with Crippen LogP contribution in [-0.2, 0) is 0 Å². The molecule has 1 aromatic carbocycles. The van der Waals surface area contributed by atoms with Crippen LogP contribution in [0, 0.1) is 0 Å². The van der Waals surface area contributed by atoms with Gasteiger partial charge in [-0.15, -0.1) is 0 Å². The van der Waals surface area contributed by atoms with E-state index < -0.39 is 21.6 Å². The molecule has 0 spiro atoms. The number of halogens is 7. The van der Waals surface area contributed by atoms with E-state index in [-0.39, 0.29) is 5.02 Å². The molecule has 1 nitrogen and oxygen atoms in total. The van der Waals surface area contributed by atoms with Crippen molar-refractivity contribution in [2.75, 3.05) is 4.90 Å². The Labute approximate surface area is 103 Å². The fourth-order valence-corrected chi connectivity index (χ4v) is 1.60. The highest BCUT2D eigenvalue weighted by atomic mass is 35.5. The van der Waals surface area contributed by atoms with Gasteiger partial charge in [0.15, 0.2) is 0 Å². The molecule has 0 aromatic heterocycles. The summed E-state index contributed by atoms with van der Waals surface area (Å²) in [5, 5.41) is 0.208. The summed E-state index contributed by atoms with van der Waals surface area (Å²) in [6.45, 7) is 0. The normalized spacial score (nSPS) is 12.7. The second-order valence-electron chi connectivity index (χ2n) is 2.75. The molecule has 0 heterocycles. The fourth-order valence-electron chi connectivity index (χ4n) is 1.03. The molecule has 0 atom stereocenters. The fraction of sp³-hybridized carbons (Fsp3) is 0.250. The quantitative estimate of drug-likeness (QED) is 0.443. The van der Waals surface area contributed by atoms with Gasteiger partial charge in [-0.05, 0) is 47.5 Å². The topological polar surface area (TPSA) is 3.24 Å². The monoisotopic (exact) mass is 295 g/mol. The first-order valence-electron chi connectivity index (χ1n) is 3.82. The van der Waals surface area contributed by atoms with Crippen molar-refractivity contribution in [1.82, 2.24) is 0 Å². The molecular weight excluding hydrogens is 292 g/mol. The van der Waals surface area contributed by atoms with Crippen molar-refractivity contribution in [2.24, 2.45) is 0 Å². The van der Waals surface area contributed by atoms with Gasteiger partial charge in [-0.25, -0.2) is 4.90 Å². The second-order valence-corrected chi connectivity index (χ2v) is 4.09. The SMILES string of the molecule is FC(F)(Cl)N(c1ccc(Cl)cc1)C(F)(F)Cl. The van der Waals surface area contributed by atoms with E-state index in [4.69, 9.17) is 11.6 Å². The summed E-state index contributed by atoms with van der Waals surface area (Å²) < 4.78 is 51.1. The van der Waals surface area contributed by atoms with Crippen LogP contribution in [0.15, 0.2) is 24.3 Å². The van der Waals surface area contributed by atoms with Crippen molar-refractivity contribution in [2.45, 2.75) is 11.0 Å². The van der Waals surface area contributed by atoms with Crippen molar-refractivity contribution in [1.29, 1.82) is 0 Å². The van der Waals surface area contributed by atoms with E-state index in [0.29, 0.717) is 0 Å². The number of alkyl halides is 6. The van der Waals surface area contributed by atoms with E-state index >= 15 is 0 Å². The summed E-state index contributed by atoms with van der Waals surface area (Å²) in [5.41, 5.74) is -9.19. The molecule has 0 aliphatic heterocycles. The lowest BCUT2D eigenvalue weighted by molar-refractivity contribution is -0.00837. The number of hydrogen-bond donors (Lipinski definition) is 0. The van der Waals surface area contributed by atoms with E-state index in [1.807, 2.05) is 0 Å². The third kappa shape index (κ3) is 3.30. The molecule has 1 rings (SSSR count). The first-order chi connectivity index (χ1) is 7.12. The van der Waals surface area contributed by atoms with Crippen LogP contribution in [0.5, 0.6) is 0 Å². The number of hydrogen-bond acceptors (Lipinski definition) is 1. The van der Waals surface area contributed by atoms with E-state index in [9.17, 15) is 17.6 Å². The van der Waals surface area contributed by atoms with Crippen molar-refractivity contribution >= 4 is 40.5 Å². The van der Waals surface area contributed by atoms with Crippen LogP contribution in [-0.4, -0.2) is 11.0 Å². The summed E-state index contributed by atoms with van der Waals surface area (Å²) in [4.78, 5) is -0.723. The van der Waals surface area contributed by atoms with Gasteiger partial charge in [-0.1, -0.05) is 11.6 Å². The minimum Gasteiger partial charge on any atom is -0.225 e. The Bertz CT molecular complexity index is 343. The van der Waals surface area contributed by atoms with Gasteiger partial charge in [0.1, 0.15) is 0 Å². The van der Waals surface area contributed by atoms with E-state index in [1.54, 1.807) is 0 Å². The molecule has 8 heteroatoms. The summed E-state index contributed by atoms with van der Waals surface area (Å²) in [6, 6.07) is 4.23. The van der Waals surface area contributed by atoms with Gasteiger partial charge in [0.2, 0.25) is 0 Å². The Morgan fingerprint density at radius 1 is 0.875 bits per heavy atom. The Balaban J connectivity index is 3.18. The highest BCUT2D eigenvalue weighted by Crippen LogP contribution is 2.41. The standard InChI is InChI=1S/C8H4Cl3F4N/c9-5-1-3-6(4-2-5)16(7(10,12)13)8(11,14)15/h1-4H. The molecule has 16 heavy (non-hydrogen) atoms. The lowest BCUT2D eigenvalue weighted by atomic mass is 10.3. The molecule has 0 unspecified atom stereocenters. The van der Waals surface area contributed by atoms with Crippen LogP contribution in [0.4, 0.5) is 23.2 Å². The zero-order chi connectivity index (χ0) is 12.6. The lowest BCUT2D eigenvalue weighted by Gasteiger charge is -2.31. The van der Waals surface area contributed by atoms with Crippen LogP contribution in [0.25, 0.3) is 0 Å². The van der Waals surface area contributed by atoms with E-state index in [2.05, 4.69) is 23.2 Å². The minimum atomic E-state index is -4.32. The second kappa shape index (κ2) is 4.47. The average molecular weight is 296 g/mol. The van der Waals surface area contributed by atoms with Gasteiger partial charge >= 0.3 is 11.0 Å². The number of benzene rings is 1. The Kier molecular flexibility index (Phi) is 3.82. The molecule has 0 bridgehead atoms. The van der Waals surface area contributed by atoms with Gasteiger partial charge in [0, 0.05) is 10.7 Å². The number of anilines is 1. The first-order valence-corrected chi connectivity index (χ1v) is 4.95. The van der Waals surface area contributed by atoms with Crippen LogP contribution in [0.2, 0.25) is 5.02 Å². The largest absolute Gasteiger partial charge is 0.412 e. The smallest absolute Gasteiger partial charge is 0.225 e. The molecule has 0 N–H and O–H groups in total. The van der Waals surface area contributed by atoms with Crippen molar-refractivity contribution in [3.05, 3.63) is 29.3 Å². The average Bonchev–Trinajstić information content (AvgIpc) is 2.03. The van der Waals surface area contributed by atoms with Gasteiger partial charge in [0.25, 0.3) is 0 Å². The number of nitrogens with zero attached hydrogens (tertiary/aromatic N) is 1. The van der Waals surface area contributed by atoms with Gasteiger partial charge in [-0.3, -0.25) is 0 Å². The minimum absolute atomic E-state index is 0.208. The van der Waals surface area contributed by atoms with E-state index in [0.717, 1.165) is 24.3 Å².